The number of hydrogen-bond acceptors (Lipinski definition) is 9. The molecule has 0 amide bonds. The molecule has 11 nitrogen and oxygen atoms in total. The van der Waals surface area contributed by atoms with Gasteiger partial charge in [0.05, 0.1) is 26.2 Å². The van der Waals surface area contributed by atoms with Gasteiger partial charge in [-0.25, -0.2) is 0 Å². The maximum atomic E-state index is 12.6. The number of Topliss-reactive ketones (excluding diaryl/α,β-unsaturated/α-hetero) is 1. The van der Waals surface area contributed by atoms with Crippen LogP contribution in [0.5, 0.6) is 11.5 Å². The molecule has 0 aromatic heterocycles. The highest BCUT2D eigenvalue weighted by Gasteiger charge is 2.57. The maximum absolute atomic E-state index is 12.6. The van der Waals surface area contributed by atoms with Crippen LogP contribution in [0.1, 0.15) is 32.3 Å². The van der Waals surface area contributed by atoms with Gasteiger partial charge < -0.3 is 33.6 Å². The molecule has 0 radical (unpaired) electrons. The summed E-state index contributed by atoms with van der Waals surface area (Å²) in [7, 11) is 1.53. The van der Waals surface area contributed by atoms with Crippen molar-refractivity contribution in [3.05, 3.63) is 70.6 Å². The molecule has 1 N–H and O–H groups in total. The second-order valence-electron chi connectivity index (χ2n) is 8.29. The van der Waals surface area contributed by atoms with Gasteiger partial charge in [0, 0.05) is 11.3 Å². The normalized spacial score (nSPS) is 25.3. The van der Waals surface area contributed by atoms with Gasteiger partial charge in [-0.05, 0) is 49.2 Å². The molecule has 11 heteroatoms. The molecule has 0 saturated carbocycles. The number of azide groups is 1. The van der Waals surface area contributed by atoms with E-state index in [1.165, 1.54) is 21.0 Å². The Morgan fingerprint density at radius 2 is 1.78 bits per heavy atom. The summed E-state index contributed by atoms with van der Waals surface area (Å²) >= 11 is 0. The summed E-state index contributed by atoms with van der Waals surface area (Å²) in [6.45, 7) is 2.87. The van der Waals surface area contributed by atoms with Gasteiger partial charge in [0.2, 0.25) is 6.29 Å². The van der Waals surface area contributed by atoms with E-state index in [0.717, 1.165) is 5.56 Å². The standard InChI is InChI=1S/C25H29N3O8/c1-16(29)9-14-21(30)36-22-23(33-15-18-7-5-4-6-8-18)25(31,27-28-26)17(2)34-24(22)35-20-12-10-19(32-3)11-13-20/h4-8,10-13,17,22-24,31H,9,14-15H2,1-3H3/t17-,22-,23-,24-,25-/m1/s1. The number of rotatable bonds is 11. The lowest BCUT2D eigenvalue weighted by Gasteiger charge is -2.47. The molecule has 0 bridgehead atoms. The molecule has 2 aromatic carbocycles. The summed E-state index contributed by atoms with van der Waals surface area (Å²) in [4.78, 5) is 26.8. The molecule has 0 unspecified atom stereocenters. The lowest BCUT2D eigenvalue weighted by Crippen LogP contribution is -2.66. The Kier molecular flexibility index (Phi) is 9.26. The molecule has 1 fully saturated rings. The highest BCUT2D eigenvalue weighted by atomic mass is 16.7. The molecule has 0 spiro atoms. The van der Waals surface area contributed by atoms with Gasteiger partial charge in [-0.3, -0.25) is 4.79 Å². The van der Waals surface area contributed by atoms with E-state index in [1.54, 1.807) is 24.3 Å². The first-order chi connectivity index (χ1) is 17.3. The van der Waals surface area contributed by atoms with E-state index in [9.17, 15) is 14.7 Å². The topological polar surface area (TPSA) is 149 Å². The first kappa shape index (κ1) is 27.0. The second-order valence-corrected chi connectivity index (χ2v) is 8.29. The first-order valence-electron chi connectivity index (χ1n) is 11.4. The molecule has 5 atom stereocenters. The van der Waals surface area contributed by atoms with Crippen LogP contribution in [0.4, 0.5) is 0 Å². The zero-order valence-corrected chi connectivity index (χ0v) is 20.3. The average Bonchev–Trinajstić information content (AvgIpc) is 2.87. The monoisotopic (exact) mass is 499 g/mol. The van der Waals surface area contributed by atoms with Crippen molar-refractivity contribution >= 4 is 11.8 Å². The number of benzene rings is 2. The molecule has 1 aliphatic rings. The summed E-state index contributed by atoms with van der Waals surface area (Å²) in [6, 6.07) is 15.7. The molecule has 1 heterocycles. The zero-order chi connectivity index (χ0) is 26.1. The molecule has 0 aliphatic carbocycles. The van der Waals surface area contributed by atoms with E-state index in [1.807, 2.05) is 30.3 Å². The van der Waals surface area contributed by atoms with E-state index in [2.05, 4.69) is 10.0 Å². The number of carbonyl (C=O) groups excluding carboxylic acids is 2. The number of carbonyl (C=O) groups is 2. The van der Waals surface area contributed by atoms with Gasteiger partial charge in [-0.2, -0.15) is 0 Å². The van der Waals surface area contributed by atoms with Gasteiger partial charge >= 0.3 is 5.97 Å². The third-order valence-corrected chi connectivity index (χ3v) is 5.66. The number of ketones is 1. The lowest BCUT2D eigenvalue weighted by molar-refractivity contribution is -0.315. The van der Waals surface area contributed by atoms with Crippen molar-refractivity contribution in [2.45, 2.75) is 63.6 Å². The predicted octanol–water partition coefficient (Wildman–Crippen LogP) is 3.68. The van der Waals surface area contributed by atoms with E-state index in [0.29, 0.717) is 11.5 Å². The second kappa shape index (κ2) is 12.4. The fourth-order valence-corrected chi connectivity index (χ4v) is 3.67. The van der Waals surface area contributed by atoms with E-state index in [4.69, 9.17) is 29.2 Å². The molecule has 3 rings (SSSR count). The Hall–Kier alpha value is -3.63. The number of esters is 1. The molecule has 2 aromatic rings. The summed E-state index contributed by atoms with van der Waals surface area (Å²) < 4.78 is 28.6. The highest BCUT2D eigenvalue weighted by Crippen LogP contribution is 2.37. The Morgan fingerprint density at radius 1 is 1.11 bits per heavy atom. The Labute approximate surface area is 208 Å². The van der Waals surface area contributed by atoms with Gasteiger partial charge in [-0.15, -0.1) is 0 Å². The summed E-state index contributed by atoms with van der Waals surface area (Å²) in [5, 5.41) is 14.9. The highest BCUT2D eigenvalue weighted by molar-refractivity contribution is 5.81. The van der Waals surface area contributed by atoms with E-state index >= 15 is 0 Å². The van der Waals surface area contributed by atoms with Crippen LogP contribution in [0.15, 0.2) is 59.7 Å². The summed E-state index contributed by atoms with van der Waals surface area (Å²) in [5.41, 5.74) is 7.71. The third kappa shape index (κ3) is 6.73. The molecule has 1 saturated heterocycles. The largest absolute Gasteiger partial charge is 0.497 e. The lowest BCUT2D eigenvalue weighted by atomic mass is 9.92. The Bertz CT molecular complexity index is 1070. The summed E-state index contributed by atoms with van der Waals surface area (Å²) in [6.07, 6.45) is -5.25. The number of nitrogens with zero attached hydrogens (tertiary/aromatic N) is 3. The van der Waals surface area contributed by atoms with Crippen molar-refractivity contribution in [1.29, 1.82) is 0 Å². The molecule has 1 aliphatic heterocycles. The van der Waals surface area contributed by atoms with Gasteiger partial charge in [0.25, 0.3) is 0 Å². The van der Waals surface area contributed by atoms with Crippen LogP contribution in [-0.2, 0) is 30.4 Å². The fourth-order valence-electron chi connectivity index (χ4n) is 3.67. The minimum absolute atomic E-state index is 0.0121. The van der Waals surface area contributed by atoms with Crippen molar-refractivity contribution in [2.24, 2.45) is 5.11 Å². The predicted molar refractivity (Wildman–Crippen MR) is 127 cm³/mol. The van der Waals surface area contributed by atoms with Gasteiger partial charge in [-0.1, -0.05) is 35.4 Å². The Morgan fingerprint density at radius 3 is 2.39 bits per heavy atom. The maximum Gasteiger partial charge on any atom is 0.306 e. The van der Waals surface area contributed by atoms with Crippen LogP contribution >= 0.6 is 0 Å². The van der Waals surface area contributed by atoms with Crippen molar-refractivity contribution < 1.29 is 38.4 Å². The van der Waals surface area contributed by atoms with Crippen molar-refractivity contribution in [3.8, 4) is 11.5 Å². The number of methoxy groups -OCH3 is 1. The number of aliphatic hydroxyl groups is 1. The SMILES string of the molecule is COc1ccc(O[C@H]2O[C@H](C)[C@](O)(N=[N+]=[N-])[C@H](OCc3ccccc3)[C@H]2OC(=O)CCC(C)=O)cc1. The van der Waals surface area contributed by atoms with Crippen molar-refractivity contribution in [2.75, 3.05) is 7.11 Å². The molecular formula is C25H29N3O8. The quantitative estimate of drug-likeness (QED) is 0.213. The number of ether oxygens (including phenoxy) is 5. The molecule has 36 heavy (non-hydrogen) atoms. The van der Waals surface area contributed by atoms with Crippen molar-refractivity contribution in [3.63, 3.8) is 0 Å². The average molecular weight is 500 g/mol. The van der Waals surface area contributed by atoms with Crippen LogP contribution in [0.25, 0.3) is 10.4 Å². The van der Waals surface area contributed by atoms with Gasteiger partial charge in [0.15, 0.2) is 11.8 Å². The smallest absolute Gasteiger partial charge is 0.306 e. The van der Waals surface area contributed by atoms with Crippen LogP contribution in [-0.4, -0.2) is 54.3 Å². The minimum Gasteiger partial charge on any atom is -0.497 e. The Balaban J connectivity index is 1.94. The third-order valence-electron chi connectivity index (χ3n) is 5.66. The van der Waals surface area contributed by atoms with Crippen molar-refractivity contribution in [1.82, 2.24) is 0 Å². The van der Waals surface area contributed by atoms with E-state index in [-0.39, 0.29) is 25.2 Å². The van der Waals surface area contributed by atoms with Crippen LogP contribution in [0.3, 0.4) is 0 Å². The van der Waals surface area contributed by atoms with Crippen LogP contribution < -0.4 is 9.47 Å². The summed E-state index contributed by atoms with van der Waals surface area (Å²) in [5.74, 6) is 0.0605. The first-order valence-corrected chi connectivity index (χ1v) is 11.4. The number of hydrogen-bond donors (Lipinski definition) is 1. The van der Waals surface area contributed by atoms with Crippen LogP contribution in [0.2, 0.25) is 0 Å². The zero-order valence-electron chi connectivity index (χ0n) is 20.3. The fraction of sp³-hybridized carbons (Fsp3) is 0.440. The molecular weight excluding hydrogens is 470 g/mol. The molecule has 192 valence electrons. The van der Waals surface area contributed by atoms with E-state index < -0.39 is 36.3 Å². The minimum atomic E-state index is -2.23. The van der Waals surface area contributed by atoms with Crippen LogP contribution in [0, 0.1) is 0 Å². The van der Waals surface area contributed by atoms with Gasteiger partial charge in [0.1, 0.15) is 23.4 Å².